The summed E-state index contributed by atoms with van der Waals surface area (Å²) in [5.74, 6) is -0.260. The summed E-state index contributed by atoms with van der Waals surface area (Å²) in [6, 6.07) is -0.500. The van der Waals surface area contributed by atoms with Crippen LogP contribution in [0.15, 0.2) is 0 Å². The Morgan fingerprint density at radius 2 is 2.07 bits per heavy atom. The molecular weight excluding hydrogens is 198 g/mol. The lowest BCUT2D eigenvalue weighted by atomic mass is 9.97. The zero-order valence-electron chi connectivity index (χ0n) is 8.84. The van der Waals surface area contributed by atoms with Gasteiger partial charge < -0.3 is 15.4 Å². The molecular formula is C9H17N3O3. The number of rotatable bonds is 3. The second-order valence-electron chi connectivity index (χ2n) is 3.45. The Hall–Kier alpha value is -1.14. The first-order valence-electron chi connectivity index (χ1n) is 5.02. The zero-order valence-corrected chi connectivity index (χ0v) is 8.84. The highest BCUT2D eigenvalue weighted by atomic mass is 16.5. The maximum Gasteiger partial charge on any atom is 0.323 e. The van der Waals surface area contributed by atoms with Crippen LogP contribution in [0.2, 0.25) is 0 Å². The standard InChI is InChI=1S/C9H17N3O3/c1-15-6-11-9(14)12-8(13)7-2-4-10-5-3-7/h7,10H,2-6H2,1H3,(H2,11,12,13,14). The zero-order chi connectivity index (χ0) is 11.1. The van der Waals surface area contributed by atoms with E-state index in [-0.39, 0.29) is 18.6 Å². The average molecular weight is 215 g/mol. The molecule has 0 atom stereocenters. The summed E-state index contributed by atoms with van der Waals surface area (Å²) in [4.78, 5) is 22.6. The number of hydrogen-bond donors (Lipinski definition) is 3. The molecule has 1 heterocycles. The van der Waals surface area contributed by atoms with E-state index in [2.05, 4.69) is 20.7 Å². The van der Waals surface area contributed by atoms with Crippen molar-refractivity contribution in [3.63, 3.8) is 0 Å². The van der Waals surface area contributed by atoms with Crippen LogP contribution < -0.4 is 16.0 Å². The Balaban J connectivity index is 2.24. The maximum atomic E-state index is 11.5. The third-order valence-electron chi connectivity index (χ3n) is 2.32. The van der Waals surface area contributed by atoms with Crippen LogP contribution in [-0.2, 0) is 9.53 Å². The molecule has 1 aliphatic heterocycles. The van der Waals surface area contributed by atoms with E-state index in [1.807, 2.05) is 0 Å². The molecule has 3 amide bonds. The van der Waals surface area contributed by atoms with Crippen molar-refractivity contribution in [3.05, 3.63) is 0 Å². The molecule has 1 fully saturated rings. The Morgan fingerprint density at radius 1 is 1.40 bits per heavy atom. The predicted molar refractivity (Wildman–Crippen MR) is 54.1 cm³/mol. The molecule has 1 aliphatic rings. The van der Waals surface area contributed by atoms with E-state index in [0.717, 1.165) is 25.9 Å². The van der Waals surface area contributed by atoms with Crippen LogP contribution in [-0.4, -0.2) is 38.9 Å². The van der Waals surface area contributed by atoms with E-state index in [9.17, 15) is 9.59 Å². The van der Waals surface area contributed by atoms with Crippen molar-refractivity contribution < 1.29 is 14.3 Å². The van der Waals surface area contributed by atoms with Gasteiger partial charge in [-0.05, 0) is 25.9 Å². The molecule has 86 valence electrons. The average Bonchev–Trinajstić information content (AvgIpc) is 2.27. The van der Waals surface area contributed by atoms with Gasteiger partial charge in [0.1, 0.15) is 6.73 Å². The molecule has 0 unspecified atom stereocenters. The minimum Gasteiger partial charge on any atom is -0.364 e. The number of urea groups is 1. The van der Waals surface area contributed by atoms with Gasteiger partial charge in [-0.15, -0.1) is 0 Å². The van der Waals surface area contributed by atoms with Crippen molar-refractivity contribution in [1.82, 2.24) is 16.0 Å². The third-order valence-corrected chi connectivity index (χ3v) is 2.32. The number of imide groups is 1. The molecule has 1 rings (SSSR count). The summed E-state index contributed by atoms with van der Waals surface area (Å²) >= 11 is 0. The highest BCUT2D eigenvalue weighted by Gasteiger charge is 2.22. The first kappa shape index (κ1) is 11.9. The quantitative estimate of drug-likeness (QED) is 0.550. The highest BCUT2D eigenvalue weighted by Crippen LogP contribution is 2.10. The summed E-state index contributed by atoms with van der Waals surface area (Å²) in [6.07, 6.45) is 1.56. The van der Waals surface area contributed by atoms with Crippen LogP contribution >= 0.6 is 0 Å². The van der Waals surface area contributed by atoms with Crippen molar-refractivity contribution in [3.8, 4) is 0 Å². The van der Waals surface area contributed by atoms with Gasteiger partial charge in [0.2, 0.25) is 5.91 Å². The van der Waals surface area contributed by atoms with Crippen LogP contribution in [0.3, 0.4) is 0 Å². The number of methoxy groups -OCH3 is 1. The molecule has 3 N–H and O–H groups in total. The van der Waals surface area contributed by atoms with Gasteiger partial charge in [0.15, 0.2) is 0 Å². The van der Waals surface area contributed by atoms with E-state index < -0.39 is 6.03 Å². The second-order valence-corrected chi connectivity index (χ2v) is 3.45. The summed E-state index contributed by atoms with van der Waals surface area (Å²) in [7, 11) is 1.47. The second kappa shape index (κ2) is 6.36. The Bertz CT molecular complexity index is 227. The number of amides is 3. The molecule has 0 aliphatic carbocycles. The van der Waals surface area contributed by atoms with E-state index in [0.29, 0.717) is 0 Å². The third kappa shape index (κ3) is 4.26. The lowest BCUT2D eigenvalue weighted by molar-refractivity contribution is -0.124. The van der Waals surface area contributed by atoms with Crippen LogP contribution in [0.25, 0.3) is 0 Å². The van der Waals surface area contributed by atoms with Crippen molar-refractivity contribution in [2.45, 2.75) is 12.8 Å². The number of ether oxygens (including phenoxy) is 1. The van der Waals surface area contributed by atoms with Crippen molar-refractivity contribution in [1.29, 1.82) is 0 Å². The fourth-order valence-electron chi connectivity index (χ4n) is 1.48. The molecule has 0 saturated carbocycles. The van der Waals surface area contributed by atoms with Crippen LogP contribution in [0.1, 0.15) is 12.8 Å². The molecule has 0 spiro atoms. The Morgan fingerprint density at radius 3 is 2.67 bits per heavy atom. The van der Waals surface area contributed by atoms with Gasteiger partial charge in [-0.25, -0.2) is 4.79 Å². The normalized spacial score (nSPS) is 17.1. The monoisotopic (exact) mass is 215 g/mol. The van der Waals surface area contributed by atoms with Gasteiger partial charge in [-0.3, -0.25) is 10.1 Å². The minimum atomic E-state index is -0.500. The van der Waals surface area contributed by atoms with Gasteiger partial charge in [-0.1, -0.05) is 0 Å². The van der Waals surface area contributed by atoms with E-state index in [1.54, 1.807) is 0 Å². The number of nitrogens with one attached hydrogen (secondary N) is 3. The van der Waals surface area contributed by atoms with Gasteiger partial charge in [-0.2, -0.15) is 0 Å². The molecule has 6 nitrogen and oxygen atoms in total. The summed E-state index contributed by atoms with van der Waals surface area (Å²) in [6.45, 7) is 1.76. The SMILES string of the molecule is COCNC(=O)NC(=O)C1CCNCC1. The van der Waals surface area contributed by atoms with Crippen LogP contribution in [0, 0.1) is 5.92 Å². The van der Waals surface area contributed by atoms with Gasteiger partial charge in [0, 0.05) is 13.0 Å². The smallest absolute Gasteiger partial charge is 0.323 e. The van der Waals surface area contributed by atoms with Crippen LogP contribution in [0.4, 0.5) is 4.79 Å². The Labute approximate surface area is 88.7 Å². The molecule has 0 bridgehead atoms. The summed E-state index contributed by atoms with van der Waals surface area (Å²) in [5.41, 5.74) is 0. The van der Waals surface area contributed by atoms with E-state index >= 15 is 0 Å². The Kier molecular flexibility index (Phi) is 5.06. The van der Waals surface area contributed by atoms with Crippen molar-refractivity contribution in [2.24, 2.45) is 5.92 Å². The number of carbonyl (C=O) groups excluding carboxylic acids is 2. The molecule has 0 aromatic rings. The predicted octanol–water partition coefficient (Wildman–Crippen LogP) is -0.584. The van der Waals surface area contributed by atoms with Crippen LogP contribution in [0.5, 0.6) is 0 Å². The molecule has 15 heavy (non-hydrogen) atoms. The topological polar surface area (TPSA) is 79.5 Å². The molecule has 6 heteroatoms. The first-order valence-corrected chi connectivity index (χ1v) is 5.02. The number of piperidine rings is 1. The molecule has 0 aromatic carbocycles. The van der Waals surface area contributed by atoms with E-state index in [1.165, 1.54) is 7.11 Å². The number of hydrogen-bond acceptors (Lipinski definition) is 4. The van der Waals surface area contributed by atoms with E-state index in [4.69, 9.17) is 0 Å². The first-order chi connectivity index (χ1) is 7.24. The largest absolute Gasteiger partial charge is 0.364 e. The molecule has 1 saturated heterocycles. The van der Waals surface area contributed by atoms with Crippen molar-refractivity contribution in [2.75, 3.05) is 26.9 Å². The van der Waals surface area contributed by atoms with Gasteiger partial charge in [0.05, 0.1) is 0 Å². The summed E-state index contributed by atoms with van der Waals surface area (Å²) < 4.78 is 4.65. The minimum absolute atomic E-state index is 0.0560. The molecule has 0 radical (unpaired) electrons. The van der Waals surface area contributed by atoms with Crippen molar-refractivity contribution >= 4 is 11.9 Å². The highest BCUT2D eigenvalue weighted by molar-refractivity contribution is 5.95. The fourth-order valence-corrected chi connectivity index (χ4v) is 1.48. The summed E-state index contributed by atoms with van der Waals surface area (Å²) in [5, 5.41) is 7.84. The maximum absolute atomic E-state index is 11.5. The lowest BCUT2D eigenvalue weighted by Gasteiger charge is -2.21. The fraction of sp³-hybridized carbons (Fsp3) is 0.778. The van der Waals surface area contributed by atoms with Gasteiger partial charge >= 0.3 is 6.03 Å². The molecule has 0 aromatic heterocycles. The lowest BCUT2D eigenvalue weighted by Crippen LogP contribution is -2.45. The van der Waals surface area contributed by atoms with Gasteiger partial charge in [0.25, 0.3) is 0 Å². The number of carbonyl (C=O) groups is 2.